The van der Waals surface area contributed by atoms with Crippen LogP contribution in [0.25, 0.3) is 0 Å². The van der Waals surface area contributed by atoms with Gasteiger partial charge in [-0.3, -0.25) is 9.69 Å². The number of nitrogen functional groups attached to an aromatic ring is 1. The Balaban J connectivity index is 2.79. The number of carbonyl (C=O) groups is 1. The largest absolute Gasteiger partial charge is 0.489 e. The minimum atomic E-state index is 0.0690. The van der Waals surface area contributed by atoms with Crippen molar-refractivity contribution in [3.05, 3.63) is 23.8 Å². The number of benzene rings is 1. The Morgan fingerprint density at radius 1 is 1.32 bits per heavy atom. The normalized spacial score (nSPS) is 11.1. The average molecular weight is 264 g/mol. The molecule has 1 rings (SSSR count). The second-order valence-electron chi connectivity index (χ2n) is 4.80. The Morgan fingerprint density at radius 3 is 2.42 bits per heavy atom. The molecule has 0 radical (unpaired) electrons. The molecular weight excluding hydrogens is 240 g/mol. The first-order valence-corrected chi connectivity index (χ1v) is 6.79. The average Bonchev–Trinajstić information content (AvgIpc) is 2.37. The van der Waals surface area contributed by atoms with Gasteiger partial charge in [-0.25, -0.2) is 0 Å². The summed E-state index contributed by atoms with van der Waals surface area (Å²) in [4.78, 5) is 14.2. The quantitative estimate of drug-likeness (QED) is 0.607. The Bertz CT molecular complexity index is 426. The van der Waals surface area contributed by atoms with Crippen molar-refractivity contribution < 1.29 is 9.53 Å². The molecule has 1 aromatic rings. The van der Waals surface area contributed by atoms with Crippen molar-refractivity contribution in [2.24, 2.45) is 0 Å². The van der Waals surface area contributed by atoms with Gasteiger partial charge in [0.25, 0.3) is 0 Å². The highest BCUT2D eigenvalue weighted by molar-refractivity contribution is 5.98. The van der Waals surface area contributed by atoms with Gasteiger partial charge in [0.15, 0.2) is 5.78 Å². The van der Waals surface area contributed by atoms with Crippen molar-refractivity contribution in [1.82, 2.24) is 4.90 Å². The lowest BCUT2D eigenvalue weighted by atomic mass is 10.1. The number of anilines is 1. The summed E-state index contributed by atoms with van der Waals surface area (Å²) in [5.41, 5.74) is 7.06. The van der Waals surface area contributed by atoms with Crippen LogP contribution in [-0.2, 0) is 0 Å². The second-order valence-corrected chi connectivity index (χ2v) is 4.80. The molecule has 0 spiro atoms. The van der Waals surface area contributed by atoms with Crippen molar-refractivity contribution in [2.45, 2.75) is 33.8 Å². The van der Waals surface area contributed by atoms with Gasteiger partial charge in [-0.05, 0) is 45.1 Å². The van der Waals surface area contributed by atoms with Gasteiger partial charge in [0.1, 0.15) is 5.75 Å². The van der Waals surface area contributed by atoms with Crippen LogP contribution in [0.4, 0.5) is 5.69 Å². The van der Waals surface area contributed by atoms with Crippen LogP contribution < -0.4 is 10.5 Å². The van der Waals surface area contributed by atoms with Crippen molar-refractivity contribution in [3.8, 4) is 5.75 Å². The molecule has 0 aliphatic heterocycles. The first-order chi connectivity index (χ1) is 8.97. The van der Waals surface area contributed by atoms with E-state index in [1.165, 1.54) is 0 Å². The van der Waals surface area contributed by atoms with E-state index in [1.807, 2.05) is 27.7 Å². The fourth-order valence-electron chi connectivity index (χ4n) is 1.82. The van der Waals surface area contributed by atoms with Crippen molar-refractivity contribution in [3.63, 3.8) is 0 Å². The van der Waals surface area contributed by atoms with E-state index in [-0.39, 0.29) is 11.9 Å². The first kappa shape index (κ1) is 15.5. The summed E-state index contributed by atoms with van der Waals surface area (Å²) in [5.74, 6) is 0.723. The van der Waals surface area contributed by atoms with Crippen molar-refractivity contribution in [1.29, 1.82) is 0 Å². The molecule has 0 bridgehead atoms. The van der Waals surface area contributed by atoms with Gasteiger partial charge in [0, 0.05) is 5.56 Å². The molecular formula is C15H24N2O2. The van der Waals surface area contributed by atoms with Crippen LogP contribution in [0.2, 0.25) is 0 Å². The zero-order chi connectivity index (χ0) is 14.4. The number of rotatable bonds is 7. The van der Waals surface area contributed by atoms with E-state index in [1.54, 1.807) is 18.2 Å². The van der Waals surface area contributed by atoms with Crippen LogP contribution >= 0.6 is 0 Å². The lowest BCUT2D eigenvalue weighted by Crippen LogP contribution is -2.29. The van der Waals surface area contributed by atoms with E-state index in [9.17, 15) is 4.79 Å². The summed E-state index contributed by atoms with van der Waals surface area (Å²) in [5, 5.41) is 0. The number of nitrogens with two attached hydrogens (primary N) is 1. The molecule has 0 atom stereocenters. The molecule has 106 valence electrons. The predicted molar refractivity (Wildman–Crippen MR) is 78.7 cm³/mol. The van der Waals surface area contributed by atoms with Crippen molar-refractivity contribution >= 4 is 11.5 Å². The molecule has 0 fully saturated rings. The highest BCUT2D eigenvalue weighted by Gasteiger charge is 2.12. The Kier molecular flexibility index (Phi) is 5.83. The molecule has 1 aromatic carbocycles. The van der Waals surface area contributed by atoms with E-state index in [0.29, 0.717) is 23.5 Å². The highest BCUT2D eigenvalue weighted by atomic mass is 16.5. The topological polar surface area (TPSA) is 55.6 Å². The number of Topliss-reactive ketones (excluding diaryl/α,β-unsaturated/α-hetero) is 1. The maximum absolute atomic E-state index is 12.1. The van der Waals surface area contributed by atoms with Crippen LogP contribution in [0.5, 0.6) is 5.75 Å². The minimum Gasteiger partial charge on any atom is -0.489 e. The Labute approximate surface area is 115 Å². The molecule has 0 heterocycles. The number of hydrogen-bond acceptors (Lipinski definition) is 4. The van der Waals surface area contributed by atoms with Crippen LogP contribution in [-0.4, -0.2) is 36.4 Å². The summed E-state index contributed by atoms with van der Waals surface area (Å²) in [6.07, 6.45) is 0.0690. The molecule has 2 N–H and O–H groups in total. The molecule has 0 aliphatic carbocycles. The number of nitrogens with zero attached hydrogens (tertiary/aromatic N) is 1. The van der Waals surface area contributed by atoms with Crippen LogP contribution in [0, 0.1) is 0 Å². The third kappa shape index (κ3) is 4.56. The summed E-state index contributed by atoms with van der Waals surface area (Å²) in [6, 6.07) is 5.24. The number of carbonyl (C=O) groups excluding carboxylic acids is 1. The van der Waals surface area contributed by atoms with Gasteiger partial charge >= 0.3 is 0 Å². The van der Waals surface area contributed by atoms with Gasteiger partial charge in [-0.1, -0.05) is 13.8 Å². The van der Waals surface area contributed by atoms with E-state index in [4.69, 9.17) is 10.5 Å². The summed E-state index contributed by atoms with van der Waals surface area (Å²) in [6.45, 7) is 10.1. The van der Waals surface area contributed by atoms with Gasteiger partial charge in [-0.15, -0.1) is 0 Å². The standard InChI is InChI=1S/C15H24N2O2/c1-5-17(6-2)10-14(18)12-7-8-15(13(16)9-12)19-11(3)4/h7-9,11H,5-6,10,16H2,1-4H3. The number of likely N-dealkylation sites (N-methyl/N-ethyl adjacent to an activating group) is 1. The van der Waals surface area contributed by atoms with Crippen molar-refractivity contribution in [2.75, 3.05) is 25.4 Å². The van der Waals surface area contributed by atoms with Crippen LogP contribution in [0.1, 0.15) is 38.1 Å². The molecule has 19 heavy (non-hydrogen) atoms. The Morgan fingerprint density at radius 2 is 1.95 bits per heavy atom. The van der Waals surface area contributed by atoms with Crippen LogP contribution in [0.3, 0.4) is 0 Å². The molecule has 0 aromatic heterocycles. The maximum atomic E-state index is 12.1. The Hall–Kier alpha value is -1.55. The van der Waals surface area contributed by atoms with Gasteiger partial charge in [0.05, 0.1) is 18.3 Å². The zero-order valence-electron chi connectivity index (χ0n) is 12.3. The predicted octanol–water partition coefficient (Wildman–Crippen LogP) is 2.58. The molecule has 4 heteroatoms. The summed E-state index contributed by atoms with van der Waals surface area (Å²) < 4.78 is 5.56. The van der Waals surface area contributed by atoms with E-state index in [2.05, 4.69) is 4.90 Å². The molecule has 0 aliphatic rings. The number of ketones is 1. The van der Waals surface area contributed by atoms with Gasteiger partial charge in [-0.2, -0.15) is 0 Å². The molecule has 0 amide bonds. The second kappa shape index (κ2) is 7.14. The fraction of sp³-hybridized carbons (Fsp3) is 0.533. The maximum Gasteiger partial charge on any atom is 0.176 e. The van der Waals surface area contributed by atoms with E-state index in [0.717, 1.165) is 13.1 Å². The smallest absolute Gasteiger partial charge is 0.176 e. The SMILES string of the molecule is CCN(CC)CC(=O)c1ccc(OC(C)C)c(N)c1. The van der Waals surface area contributed by atoms with Gasteiger partial charge < -0.3 is 10.5 Å². The summed E-state index contributed by atoms with van der Waals surface area (Å²) >= 11 is 0. The summed E-state index contributed by atoms with van der Waals surface area (Å²) in [7, 11) is 0. The fourth-order valence-corrected chi connectivity index (χ4v) is 1.82. The molecule has 0 saturated heterocycles. The van der Waals surface area contributed by atoms with Crippen LogP contribution in [0.15, 0.2) is 18.2 Å². The lowest BCUT2D eigenvalue weighted by molar-refractivity contribution is 0.0937. The first-order valence-electron chi connectivity index (χ1n) is 6.79. The highest BCUT2D eigenvalue weighted by Crippen LogP contribution is 2.24. The monoisotopic (exact) mass is 264 g/mol. The zero-order valence-corrected chi connectivity index (χ0v) is 12.3. The number of ether oxygens (including phenoxy) is 1. The molecule has 4 nitrogen and oxygen atoms in total. The van der Waals surface area contributed by atoms with E-state index >= 15 is 0 Å². The van der Waals surface area contributed by atoms with E-state index < -0.39 is 0 Å². The molecule has 0 saturated carbocycles. The third-order valence-corrected chi connectivity index (χ3v) is 2.96. The molecule has 0 unspecified atom stereocenters. The third-order valence-electron chi connectivity index (χ3n) is 2.96. The number of hydrogen-bond donors (Lipinski definition) is 1. The lowest BCUT2D eigenvalue weighted by Gasteiger charge is -2.17. The minimum absolute atomic E-state index is 0.0690. The van der Waals surface area contributed by atoms with Gasteiger partial charge in [0.2, 0.25) is 0 Å².